The molecule has 148 valence electrons. The van der Waals surface area contributed by atoms with Gasteiger partial charge in [-0.1, -0.05) is 18.2 Å². The summed E-state index contributed by atoms with van der Waals surface area (Å²) >= 11 is 0. The van der Waals surface area contributed by atoms with Crippen LogP contribution in [0.2, 0.25) is 0 Å². The lowest BCUT2D eigenvalue weighted by Gasteiger charge is -2.19. The van der Waals surface area contributed by atoms with Crippen molar-refractivity contribution in [3.63, 3.8) is 0 Å². The molecule has 1 amide bonds. The fraction of sp³-hybridized carbons (Fsp3) is 0.136. The number of carbonyl (C=O) groups excluding carboxylic acids is 1. The van der Waals surface area contributed by atoms with Gasteiger partial charge in [0.2, 0.25) is 5.91 Å². The molecule has 0 fully saturated rings. The van der Waals surface area contributed by atoms with E-state index in [-0.39, 0.29) is 10.8 Å². The second kappa shape index (κ2) is 7.60. The van der Waals surface area contributed by atoms with Crippen LogP contribution in [0.3, 0.4) is 0 Å². The number of amides is 1. The van der Waals surface area contributed by atoms with Gasteiger partial charge in [-0.05, 0) is 67.4 Å². The van der Waals surface area contributed by atoms with E-state index in [9.17, 15) is 13.2 Å². The van der Waals surface area contributed by atoms with Crippen LogP contribution in [0.5, 0.6) is 0 Å². The normalized spacial score (nSPS) is 13.6. The topological polar surface area (TPSA) is 79.6 Å². The molecule has 0 atom stereocenters. The standard InChI is InChI=1S/C22H20N2O4S/c1-16-6-9-19(28-16)10-13-22(25)23-18-7-11-20(12-8-18)29(26,27)24-15-14-17-4-2-3-5-21(17)24/h2-13H,14-15H2,1H3,(H,23,25). The van der Waals surface area contributed by atoms with Gasteiger partial charge in [0, 0.05) is 18.3 Å². The summed E-state index contributed by atoms with van der Waals surface area (Å²) in [4.78, 5) is 12.2. The summed E-state index contributed by atoms with van der Waals surface area (Å²) in [6, 6.07) is 17.3. The van der Waals surface area contributed by atoms with E-state index in [1.165, 1.54) is 22.5 Å². The van der Waals surface area contributed by atoms with Crippen LogP contribution < -0.4 is 9.62 Å². The van der Waals surface area contributed by atoms with Crippen molar-refractivity contribution < 1.29 is 17.6 Å². The smallest absolute Gasteiger partial charge is 0.264 e. The van der Waals surface area contributed by atoms with Crippen LogP contribution in [-0.2, 0) is 21.2 Å². The van der Waals surface area contributed by atoms with Gasteiger partial charge >= 0.3 is 0 Å². The molecule has 0 spiro atoms. The Kier molecular flexibility index (Phi) is 4.98. The molecule has 0 bridgehead atoms. The third-order valence-electron chi connectivity index (χ3n) is 4.71. The predicted octanol–water partition coefficient (Wildman–Crippen LogP) is 3.99. The maximum Gasteiger partial charge on any atom is 0.264 e. The maximum absolute atomic E-state index is 13.0. The quantitative estimate of drug-likeness (QED) is 0.648. The van der Waals surface area contributed by atoms with Crippen LogP contribution in [-0.4, -0.2) is 20.9 Å². The number of fused-ring (bicyclic) bond motifs is 1. The third-order valence-corrected chi connectivity index (χ3v) is 6.54. The molecule has 1 N–H and O–H groups in total. The Morgan fingerprint density at radius 2 is 1.83 bits per heavy atom. The first-order chi connectivity index (χ1) is 13.9. The number of anilines is 2. The fourth-order valence-electron chi connectivity index (χ4n) is 3.28. The fourth-order valence-corrected chi connectivity index (χ4v) is 4.78. The zero-order valence-electron chi connectivity index (χ0n) is 15.8. The summed E-state index contributed by atoms with van der Waals surface area (Å²) in [7, 11) is -3.65. The van der Waals surface area contributed by atoms with Crippen molar-refractivity contribution in [2.24, 2.45) is 0 Å². The number of rotatable bonds is 5. The number of para-hydroxylation sites is 1. The molecule has 0 radical (unpaired) electrons. The Labute approximate surface area is 169 Å². The van der Waals surface area contributed by atoms with Crippen molar-refractivity contribution in [3.8, 4) is 0 Å². The minimum Gasteiger partial charge on any atom is -0.462 e. The lowest BCUT2D eigenvalue weighted by Crippen LogP contribution is -2.29. The molecular formula is C22H20N2O4S. The summed E-state index contributed by atoms with van der Waals surface area (Å²) in [5.41, 5.74) is 2.26. The summed E-state index contributed by atoms with van der Waals surface area (Å²) in [6.45, 7) is 2.25. The van der Waals surface area contributed by atoms with Gasteiger partial charge in [-0.2, -0.15) is 0 Å². The SMILES string of the molecule is Cc1ccc(C=CC(=O)Nc2ccc(S(=O)(=O)N3CCc4ccccc43)cc2)o1. The molecule has 1 aliphatic rings. The average Bonchev–Trinajstić information content (AvgIpc) is 3.33. The van der Waals surface area contributed by atoms with E-state index in [2.05, 4.69) is 5.32 Å². The van der Waals surface area contributed by atoms with Crippen LogP contribution in [0.15, 0.2) is 76.1 Å². The van der Waals surface area contributed by atoms with Gasteiger partial charge in [-0.15, -0.1) is 0 Å². The number of carbonyl (C=O) groups is 1. The van der Waals surface area contributed by atoms with E-state index in [0.29, 0.717) is 24.4 Å². The Morgan fingerprint density at radius 1 is 1.07 bits per heavy atom. The number of hydrogen-bond acceptors (Lipinski definition) is 4. The Hall–Kier alpha value is -3.32. The Bertz CT molecular complexity index is 1180. The van der Waals surface area contributed by atoms with Gasteiger partial charge < -0.3 is 9.73 Å². The third kappa shape index (κ3) is 3.95. The summed E-state index contributed by atoms with van der Waals surface area (Å²) < 4.78 is 32.8. The zero-order chi connectivity index (χ0) is 20.4. The molecule has 0 saturated carbocycles. The van der Waals surface area contributed by atoms with Crippen LogP contribution in [0.1, 0.15) is 17.1 Å². The molecule has 1 aliphatic heterocycles. The van der Waals surface area contributed by atoms with Crippen LogP contribution in [0, 0.1) is 6.92 Å². The zero-order valence-corrected chi connectivity index (χ0v) is 16.6. The molecular weight excluding hydrogens is 388 g/mol. The molecule has 7 heteroatoms. The number of hydrogen-bond donors (Lipinski definition) is 1. The first kappa shape index (κ1) is 19.0. The van der Waals surface area contributed by atoms with Crippen molar-refractivity contribution >= 4 is 33.4 Å². The molecule has 0 unspecified atom stereocenters. The summed E-state index contributed by atoms with van der Waals surface area (Å²) in [6.07, 6.45) is 3.64. The number of sulfonamides is 1. The van der Waals surface area contributed by atoms with E-state index in [1.54, 1.807) is 24.3 Å². The van der Waals surface area contributed by atoms with Crippen molar-refractivity contribution in [1.29, 1.82) is 0 Å². The van der Waals surface area contributed by atoms with E-state index >= 15 is 0 Å². The molecule has 0 aliphatic carbocycles. The predicted molar refractivity (Wildman–Crippen MR) is 112 cm³/mol. The van der Waals surface area contributed by atoms with Crippen molar-refractivity contribution in [2.75, 3.05) is 16.2 Å². The van der Waals surface area contributed by atoms with Crippen molar-refractivity contribution in [1.82, 2.24) is 0 Å². The number of nitrogens with zero attached hydrogens (tertiary/aromatic N) is 1. The van der Waals surface area contributed by atoms with E-state index in [4.69, 9.17) is 4.42 Å². The Balaban J connectivity index is 1.46. The first-order valence-electron chi connectivity index (χ1n) is 9.20. The highest BCUT2D eigenvalue weighted by molar-refractivity contribution is 7.92. The first-order valence-corrected chi connectivity index (χ1v) is 10.6. The second-order valence-corrected chi connectivity index (χ2v) is 8.61. The van der Waals surface area contributed by atoms with Crippen LogP contribution in [0.4, 0.5) is 11.4 Å². The van der Waals surface area contributed by atoms with E-state index in [0.717, 1.165) is 17.0 Å². The van der Waals surface area contributed by atoms with Gasteiger partial charge in [0.1, 0.15) is 11.5 Å². The highest BCUT2D eigenvalue weighted by Gasteiger charge is 2.30. The molecule has 1 aromatic heterocycles. The molecule has 0 saturated heterocycles. The van der Waals surface area contributed by atoms with Gasteiger partial charge in [-0.3, -0.25) is 9.10 Å². The highest BCUT2D eigenvalue weighted by Crippen LogP contribution is 2.32. The Morgan fingerprint density at radius 3 is 2.55 bits per heavy atom. The number of nitrogens with one attached hydrogen (secondary N) is 1. The minimum atomic E-state index is -3.65. The van der Waals surface area contributed by atoms with Gasteiger partial charge in [0.15, 0.2) is 0 Å². The van der Waals surface area contributed by atoms with E-state index < -0.39 is 10.0 Å². The second-order valence-electron chi connectivity index (χ2n) is 6.75. The lowest BCUT2D eigenvalue weighted by atomic mass is 10.2. The number of furan rings is 1. The molecule has 3 aromatic rings. The van der Waals surface area contributed by atoms with E-state index in [1.807, 2.05) is 37.3 Å². The minimum absolute atomic E-state index is 0.189. The molecule has 29 heavy (non-hydrogen) atoms. The van der Waals surface area contributed by atoms with Crippen molar-refractivity contribution in [3.05, 3.63) is 83.8 Å². The monoisotopic (exact) mass is 408 g/mol. The molecule has 2 heterocycles. The van der Waals surface area contributed by atoms with Crippen molar-refractivity contribution in [2.45, 2.75) is 18.2 Å². The number of benzene rings is 2. The van der Waals surface area contributed by atoms with Crippen LogP contribution in [0.25, 0.3) is 6.08 Å². The van der Waals surface area contributed by atoms with Gasteiger partial charge in [0.25, 0.3) is 10.0 Å². The lowest BCUT2D eigenvalue weighted by molar-refractivity contribution is -0.111. The maximum atomic E-state index is 13.0. The molecule has 4 rings (SSSR count). The highest BCUT2D eigenvalue weighted by atomic mass is 32.2. The largest absolute Gasteiger partial charge is 0.462 e. The molecule has 6 nitrogen and oxygen atoms in total. The number of aryl methyl sites for hydroxylation is 1. The molecule has 2 aromatic carbocycles. The summed E-state index contributed by atoms with van der Waals surface area (Å²) in [5, 5.41) is 2.71. The summed E-state index contributed by atoms with van der Waals surface area (Å²) in [5.74, 6) is 1.02. The van der Waals surface area contributed by atoms with Gasteiger partial charge in [0.05, 0.1) is 10.6 Å². The van der Waals surface area contributed by atoms with Gasteiger partial charge in [-0.25, -0.2) is 8.42 Å². The average molecular weight is 408 g/mol. The van der Waals surface area contributed by atoms with Crippen LogP contribution >= 0.6 is 0 Å².